The van der Waals surface area contributed by atoms with Crippen molar-refractivity contribution in [2.24, 2.45) is 0 Å². The third-order valence-corrected chi connectivity index (χ3v) is 2.78. The van der Waals surface area contributed by atoms with Crippen LogP contribution in [-0.2, 0) is 9.53 Å². The molecule has 0 N–H and O–H groups in total. The van der Waals surface area contributed by atoms with Crippen molar-refractivity contribution in [2.45, 2.75) is 0 Å². The molecule has 5 nitrogen and oxygen atoms in total. The summed E-state index contributed by atoms with van der Waals surface area (Å²) in [4.78, 5) is 11.3. The average molecular weight is 288 g/mol. The van der Waals surface area contributed by atoms with Crippen molar-refractivity contribution in [3.63, 3.8) is 0 Å². The van der Waals surface area contributed by atoms with E-state index in [1.165, 1.54) is 13.2 Å². The quantitative estimate of drug-likeness (QED) is 0.494. The first-order valence-electron chi connectivity index (χ1n) is 5.65. The van der Waals surface area contributed by atoms with Crippen molar-refractivity contribution in [3.8, 4) is 11.8 Å². The van der Waals surface area contributed by atoms with Gasteiger partial charge in [0, 0.05) is 16.8 Å². The molecule has 0 radical (unpaired) electrons. The van der Waals surface area contributed by atoms with Gasteiger partial charge in [0.05, 0.1) is 19.0 Å². The Morgan fingerprint density at radius 2 is 2.15 bits per heavy atom. The lowest BCUT2D eigenvalue weighted by Gasteiger charge is -2.00. The molecule has 0 spiro atoms. The van der Waals surface area contributed by atoms with E-state index in [1.54, 1.807) is 35.3 Å². The van der Waals surface area contributed by atoms with E-state index in [2.05, 4.69) is 9.84 Å². The van der Waals surface area contributed by atoms with Gasteiger partial charge in [-0.15, -0.1) is 0 Å². The van der Waals surface area contributed by atoms with Crippen LogP contribution in [0.1, 0.15) is 5.56 Å². The molecule has 0 saturated carbocycles. The van der Waals surface area contributed by atoms with E-state index < -0.39 is 5.97 Å². The maximum absolute atomic E-state index is 11.3. The molecule has 20 heavy (non-hydrogen) atoms. The number of benzene rings is 1. The van der Waals surface area contributed by atoms with Crippen LogP contribution in [0.4, 0.5) is 0 Å². The summed E-state index contributed by atoms with van der Waals surface area (Å²) < 4.78 is 6.13. The molecule has 2 rings (SSSR count). The Bertz CT molecular complexity index is 696. The van der Waals surface area contributed by atoms with Gasteiger partial charge in [-0.3, -0.25) is 0 Å². The summed E-state index contributed by atoms with van der Waals surface area (Å²) in [6, 6.07) is 8.92. The first-order chi connectivity index (χ1) is 9.63. The maximum atomic E-state index is 11.3. The highest BCUT2D eigenvalue weighted by molar-refractivity contribution is 6.30. The lowest BCUT2D eigenvalue weighted by Crippen LogP contribution is -2.02. The van der Waals surface area contributed by atoms with Gasteiger partial charge in [0.1, 0.15) is 11.6 Å². The summed E-state index contributed by atoms with van der Waals surface area (Å²) in [7, 11) is 1.23. The fourth-order valence-corrected chi connectivity index (χ4v) is 1.69. The molecule has 2 aromatic rings. The van der Waals surface area contributed by atoms with Gasteiger partial charge in [-0.2, -0.15) is 10.4 Å². The number of rotatable bonds is 3. The van der Waals surface area contributed by atoms with Crippen LogP contribution < -0.4 is 0 Å². The molecule has 0 aliphatic rings. The van der Waals surface area contributed by atoms with Crippen LogP contribution in [-0.4, -0.2) is 22.9 Å². The lowest BCUT2D eigenvalue weighted by molar-refractivity contribution is -0.135. The van der Waals surface area contributed by atoms with E-state index in [1.807, 2.05) is 12.1 Å². The molecular formula is C14H10ClN3O2. The summed E-state index contributed by atoms with van der Waals surface area (Å²) in [5.41, 5.74) is 1.37. The summed E-state index contributed by atoms with van der Waals surface area (Å²) in [5.74, 6) is -0.674. The topological polar surface area (TPSA) is 67.9 Å². The highest BCUT2D eigenvalue weighted by atomic mass is 35.5. The second-order valence-corrected chi connectivity index (χ2v) is 4.29. The van der Waals surface area contributed by atoms with Crippen LogP contribution in [0.25, 0.3) is 11.8 Å². The fraction of sp³-hybridized carbons (Fsp3) is 0.0714. The van der Waals surface area contributed by atoms with E-state index >= 15 is 0 Å². The number of methoxy groups -OCH3 is 1. The number of nitriles is 1. The van der Waals surface area contributed by atoms with Crippen molar-refractivity contribution < 1.29 is 9.53 Å². The zero-order valence-corrected chi connectivity index (χ0v) is 11.3. The maximum Gasteiger partial charge on any atom is 0.348 e. The molecule has 1 heterocycles. The Morgan fingerprint density at radius 3 is 2.75 bits per heavy atom. The first-order valence-corrected chi connectivity index (χ1v) is 6.02. The van der Waals surface area contributed by atoms with Crippen LogP contribution in [0.2, 0.25) is 5.02 Å². The van der Waals surface area contributed by atoms with E-state index in [-0.39, 0.29) is 5.57 Å². The standard InChI is InChI=1S/C14H10ClN3O2/c1-20-14(19)11(7-16)6-10-8-17-18(9-10)13-4-2-12(15)3-5-13/h2-6,8-9H,1H3. The zero-order chi connectivity index (χ0) is 14.5. The van der Waals surface area contributed by atoms with Crippen molar-refractivity contribution in [3.05, 3.63) is 52.8 Å². The van der Waals surface area contributed by atoms with E-state index in [4.69, 9.17) is 16.9 Å². The number of carbonyl (C=O) groups is 1. The molecule has 0 bridgehead atoms. The number of carbonyl (C=O) groups excluding carboxylic acids is 1. The second kappa shape index (κ2) is 6.04. The van der Waals surface area contributed by atoms with E-state index in [9.17, 15) is 4.79 Å². The molecule has 1 aromatic heterocycles. The summed E-state index contributed by atoms with van der Waals surface area (Å²) in [6.45, 7) is 0. The van der Waals surface area contributed by atoms with Crippen molar-refractivity contribution in [1.82, 2.24) is 9.78 Å². The van der Waals surface area contributed by atoms with Gasteiger partial charge < -0.3 is 4.74 Å². The van der Waals surface area contributed by atoms with Gasteiger partial charge in [-0.25, -0.2) is 9.48 Å². The van der Waals surface area contributed by atoms with Crippen LogP contribution >= 0.6 is 11.6 Å². The molecule has 0 fully saturated rings. The molecule has 0 aliphatic heterocycles. The average Bonchev–Trinajstić information content (AvgIpc) is 2.93. The first kappa shape index (κ1) is 13.8. The largest absolute Gasteiger partial charge is 0.465 e. The number of halogens is 1. The molecule has 0 atom stereocenters. The highest BCUT2D eigenvalue weighted by Gasteiger charge is 2.09. The third-order valence-electron chi connectivity index (χ3n) is 2.53. The molecule has 1 aromatic carbocycles. The Hall–Kier alpha value is -2.58. The normalized spacial score (nSPS) is 10.9. The molecule has 100 valence electrons. The van der Waals surface area contributed by atoms with Crippen LogP contribution in [0.3, 0.4) is 0 Å². The fourth-order valence-electron chi connectivity index (χ4n) is 1.56. The summed E-state index contributed by atoms with van der Waals surface area (Å²) >= 11 is 5.82. The number of hydrogen-bond acceptors (Lipinski definition) is 4. The SMILES string of the molecule is COC(=O)C(C#N)=Cc1cnn(-c2ccc(Cl)cc2)c1. The Morgan fingerprint density at radius 1 is 1.45 bits per heavy atom. The van der Waals surface area contributed by atoms with E-state index in [0.29, 0.717) is 10.6 Å². The number of aromatic nitrogens is 2. The Labute approximate surface area is 120 Å². The minimum absolute atomic E-state index is 0.0804. The Balaban J connectivity index is 2.29. The predicted octanol–water partition coefficient (Wildman–Crippen LogP) is 2.61. The van der Waals surface area contributed by atoms with Crippen molar-refractivity contribution in [2.75, 3.05) is 7.11 Å². The van der Waals surface area contributed by atoms with Gasteiger partial charge in [0.2, 0.25) is 0 Å². The molecule has 0 aliphatic carbocycles. The van der Waals surface area contributed by atoms with Crippen LogP contribution in [0.5, 0.6) is 0 Å². The number of nitrogens with zero attached hydrogens (tertiary/aromatic N) is 3. The highest BCUT2D eigenvalue weighted by Crippen LogP contribution is 2.14. The van der Waals surface area contributed by atoms with Crippen molar-refractivity contribution >= 4 is 23.6 Å². The van der Waals surface area contributed by atoms with Crippen molar-refractivity contribution in [1.29, 1.82) is 5.26 Å². The minimum Gasteiger partial charge on any atom is -0.465 e. The van der Waals surface area contributed by atoms with Crippen LogP contribution in [0, 0.1) is 11.3 Å². The van der Waals surface area contributed by atoms with Crippen LogP contribution in [0.15, 0.2) is 42.2 Å². The molecular weight excluding hydrogens is 278 g/mol. The predicted molar refractivity (Wildman–Crippen MR) is 74.2 cm³/mol. The smallest absolute Gasteiger partial charge is 0.348 e. The monoisotopic (exact) mass is 287 g/mol. The van der Waals surface area contributed by atoms with Gasteiger partial charge >= 0.3 is 5.97 Å². The van der Waals surface area contributed by atoms with Gasteiger partial charge in [-0.05, 0) is 30.3 Å². The Kier molecular flexibility index (Phi) is 4.18. The summed E-state index contributed by atoms with van der Waals surface area (Å²) in [5, 5.41) is 13.7. The molecule has 0 amide bonds. The number of hydrogen-bond donors (Lipinski definition) is 0. The number of esters is 1. The number of ether oxygens (including phenoxy) is 1. The van der Waals surface area contributed by atoms with E-state index in [0.717, 1.165) is 5.69 Å². The summed E-state index contributed by atoms with van der Waals surface area (Å²) in [6.07, 6.45) is 4.67. The minimum atomic E-state index is -0.674. The van der Waals surface area contributed by atoms with Gasteiger partial charge in [0.15, 0.2) is 0 Å². The molecule has 6 heteroatoms. The second-order valence-electron chi connectivity index (χ2n) is 3.86. The zero-order valence-electron chi connectivity index (χ0n) is 10.6. The lowest BCUT2D eigenvalue weighted by atomic mass is 10.2. The van der Waals surface area contributed by atoms with Gasteiger partial charge in [-0.1, -0.05) is 11.6 Å². The molecule has 0 saturated heterocycles. The van der Waals surface area contributed by atoms with Gasteiger partial charge in [0.25, 0.3) is 0 Å². The molecule has 0 unspecified atom stereocenters. The third kappa shape index (κ3) is 3.05.